The zero-order valence-electron chi connectivity index (χ0n) is 17.4. The van der Waals surface area contributed by atoms with Crippen LogP contribution in [0.4, 0.5) is 0 Å². The molecule has 0 spiro atoms. The lowest BCUT2D eigenvalue weighted by molar-refractivity contribution is 0.0512. The van der Waals surface area contributed by atoms with Crippen molar-refractivity contribution in [1.29, 1.82) is 0 Å². The Labute approximate surface area is 174 Å². The Bertz CT molecular complexity index is 1060. The summed E-state index contributed by atoms with van der Waals surface area (Å²) in [5, 5.41) is 10.7. The molecule has 30 heavy (non-hydrogen) atoms. The zero-order valence-corrected chi connectivity index (χ0v) is 17.4. The third kappa shape index (κ3) is 2.68. The first-order valence-electron chi connectivity index (χ1n) is 10.0. The Balaban J connectivity index is 1.63. The molecule has 2 aromatic carbocycles. The van der Waals surface area contributed by atoms with Crippen molar-refractivity contribution in [3.05, 3.63) is 34.9 Å². The van der Waals surface area contributed by atoms with Gasteiger partial charge in [-0.1, -0.05) is 0 Å². The molecule has 2 aromatic rings. The summed E-state index contributed by atoms with van der Waals surface area (Å²) >= 11 is 0. The number of aromatic hydroxyl groups is 1. The van der Waals surface area contributed by atoms with E-state index in [1.54, 1.807) is 26.4 Å². The average Bonchev–Trinajstić information content (AvgIpc) is 2.71. The fraction of sp³-hybridized carbons (Fsp3) is 0.435. The highest BCUT2D eigenvalue weighted by molar-refractivity contribution is 6.08. The first-order chi connectivity index (χ1) is 14.3. The van der Waals surface area contributed by atoms with Crippen LogP contribution >= 0.6 is 0 Å². The molecule has 3 heterocycles. The van der Waals surface area contributed by atoms with Gasteiger partial charge in [0.2, 0.25) is 0 Å². The minimum absolute atomic E-state index is 0.126. The summed E-state index contributed by atoms with van der Waals surface area (Å²) in [6.07, 6.45) is 0.994. The van der Waals surface area contributed by atoms with Gasteiger partial charge in [-0.2, -0.15) is 0 Å². The maximum absolute atomic E-state index is 13.6. The molecular formula is C23H24O7. The topological polar surface area (TPSA) is 83.5 Å². The number of carbonyl (C=O) groups is 1. The van der Waals surface area contributed by atoms with Gasteiger partial charge >= 0.3 is 0 Å². The molecule has 3 aliphatic rings. The van der Waals surface area contributed by atoms with Crippen LogP contribution in [0.15, 0.2) is 18.2 Å². The van der Waals surface area contributed by atoms with Gasteiger partial charge in [0.05, 0.1) is 20.1 Å². The van der Waals surface area contributed by atoms with Gasteiger partial charge in [-0.3, -0.25) is 4.79 Å². The third-order valence-corrected chi connectivity index (χ3v) is 6.11. The van der Waals surface area contributed by atoms with E-state index >= 15 is 0 Å². The number of phenols is 1. The van der Waals surface area contributed by atoms with Crippen molar-refractivity contribution in [2.45, 2.75) is 44.3 Å². The fourth-order valence-electron chi connectivity index (χ4n) is 4.56. The Morgan fingerprint density at radius 3 is 2.57 bits per heavy atom. The van der Waals surface area contributed by atoms with Crippen LogP contribution in [-0.2, 0) is 6.42 Å². The van der Waals surface area contributed by atoms with Gasteiger partial charge in [0.15, 0.2) is 17.3 Å². The highest BCUT2D eigenvalue weighted by Crippen LogP contribution is 2.52. The summed E-state index contributed by atoms with van der Waals surface area (Å²) < 4.78 is 29.0. The quantitative estimate of drug-likeness (QED) is 0.806. The molecule has 7 heteroatoms. The van der Waals surface area contributed by atoms with E-state index in [2.05, 4.69) is 0 Å². The molecule has 0 fully saturated rings. The molecule has 0 amide bonds. The highest BCUT2D eigenvalue weighted by atomic mass is 16.5. The van der Waals surface area contributed by atoms with E-state index in [1.807, 2.05) is 13.8 Å². The number of Topliss-reactive ketones (excluding diaryl/α,β-unsaturated/α-hetero) is 1. The average molecular weight is 412 g/mol. The number of rotatable bonds is 2. The minimum Gasteiger partial charge on any atom is -0.507 e. The molecule has 1 N–H and O–H groups in total. The van der Waals surface area contributed by atoms with Crippen LogP contribution in [0.3, 0.4) is 0 Å². The van der Waals surface area contributed by atoms with E-state index in [0.717, 1.165) is 12.0 Å². The summed E-state index contributed by atoms with van der Waals surface area (Å²) in [4.78, 5) is 13.6. The van der Waals surface area contributed by atoms with Gasteiger partial charge in [-0.15, -0.1) is 0 Å². The predicted molar refractivity (Wildman–Crippen MR) is 108 cm³/mol. The van der Waals surface area contributed by atoms with E-state index in [1.165, 1.54) is 6.07 Å². The van der Waals surface area contributed by atoms with Gasteiger partial charge in [0.1, 0.15) is 46.9 Å². The lowest BCUT2D eigenvalue weighted by atomic mass is 9.80. The lowest BCUT2D eigenvalue weighted by Crippen LogP contribution is -2.43. The van der Waals surface area contributed by atoms with Crippen molar-refractivity contribution >= 4 is 5.78 Å². The van der Waals surface area contributed by atoms with Crippen molar-refractivity contribution in [2.75, 3.05) is 20.8 Å². The third-order valence-electron chi connectivity index (χ3n) is 6.11. The summed E-state index contributed by atoms with van der Waals surface area (Å²) in [5.74, 6) is 1.64. The second-order valence-electron chi connectivity index (χ2n) is 8.49. The second kappa shape index (κ2) is 6.45. The molecule has 2 atom stereocenters. The Morgan fingerprint density at radius 1 is 1.10 bits per heavy atom. The fourth-order valence-corrected chi connectivity index (χ4v) is 4.56. The van der Waals surface area contributed by atoms with E-state index in [4.69, 9.17) is 23.7 Å². The van der Waals surface area contributed by atoms with Gasteiger partial charge in [-0.05, 0) is 32.8 Å². The monoisotopic (exact) mass is 412 g/mol. The Kier molecular flexibility index (Phi) is 4.07. The maximum atomic E-state index is 13.6. The van der Waals surface area contributed by atoms with Gasteiger partial charge < -0.3 is 28.8 Å². The number of methoxy groups -OCH3 is 2. The van der Waals surface area contributed by atoms with Gasteiger partial charge in [0.25, 0.3) is 0 Å². The molecule has 7 nitrogen and oxygen atoms in total. The lowest BCUT2D eigenvalue weighted by Gasteiger charge is -2.40. The SMILES string of the molecule is COc1cc2c(cc1OC)[C@@H]1C(=O)c3c(O)cc4c(c3O[C@@H]1CO2)CCC(C)(C)O4. The summed E-state index contributed by atoms with van der Waals surface area (Å²) in [6, 6.07) is 5.00. The number of benzene rings is 2. The van der Waals surface area contributed by atoms with Crippen molar-refractivity contribution < 1.29 is 33.6 Å². The maximum Gasteiger partial charge on any atom is 0.181 e. The van der Waals surface area contributed by atoms with E-state index < -0.39 is 12.0 Å². The first-order valence-corrected chi connectivity index (χ1v) is 10.0. The molecule has 158 valence electrons. The van der Waals surface area contributed by atoms with Crippen LogP contribution in [0.5, 0.6) is 34.5 Å². The van der Waals surface area contributed by atoms with Crippen LogP contribution in [0.2, 0.25) is 0 Å². The molecule has 0 saturated carbocycles. The van der Waals surface area contributed by atoms with Gasteiger partial charge in [0, 0.05) is 23.3 Å². The highest BCUT2D eigenvalue weighted by Gasteiger charge is 2.46. The van der Waals surface area contributed by atoms with Crippen molar-refractivity contribution in [2.24, 2.45) is 0 Å². The number of carbonyl (C=O) groups excluding carboxylic acids is 1. The number of ketones is 1. The molecule has 3 aliphatic heterocycles. The molecule has 0 unspecified atom stereocenters. The van der Waals surface area contributed by atoms with E-state index in [9.17, 15) is 9.90 Å². The Hall–Kier alpha value is -3.09. The standard InChI is InChI=1S/C23H24O7/c1-23(2)6-5-11-15(30-23)8-13(24)20-21(25)19-12-7-16(26-3)17(27-4)9-14(12)28-10-18(19)29-22(11)20/h7-9,18-19,24H,5-6,10H2,1-4H3/t18-,19+/m1/s1. The van der Waals surface area contributed by atoms with Crippen LogP contribution in [0.1, 0.15) is 47.7 Å². The summed E-state index contributed by atoms with van der Waals surface area (Å²) in [7, 11) is 3.09. The summed E-state index contributed by atoms with van der Waals surface area (Å²) in [5.41, 5.74) is 1.36. The van der Waals surface area contributed by atoms with E-state index in [0.29, 0.717) is 40.7 Å². The van der Waals surface area contributed by atoms with Gasteiger partial charge in [-0.25, -0.2) is 0 Å². The molecular weight excluding hydrogens is 388 g/mol. The molecule has 0 aromatic heterocycles. The minimum atomic E-state index is -0.606. The normalized spacial score (nSPS) is 22.9. The predicted octanol–water partition coefficient (Wildman–Crippen LogP) is 3.63. The largest absolute Gasteiger partial charge is 0.507 e. The first kappa shape index (κ1) is 18.9. The Morgan fingerprint density at radius 2 is 1.83 bits per heavy atom. The van der Waals surface area contributed by atoms with Crippen molar-refractivity contribution in [3.63, 3.8) is 0 Å². The number of hydrogen-bond donors (Lipinski definition) is 1. The molecule has 0 aliphatic carbocycles. The molecule has 0 radical (unpaired) electrons. The number of ether oxygens (including phenoxy) is 5. The number of fused-ring (bicyclic) bond motifs is 6. The van der Waals surface area contributed by atoms with E-state index in [-0.39, 0.29) is 29.3 Å². The van der Waals surface area contributed by atoms with Crippen molar-refractivity contribution in [3.8, 4) is 34.5 Å². The van der Waals surface area contributed by atoms with Crippen molar-refractivity contribution in [1.82, 2.24) is 0 Å². The number of phenolic OH excluding ortho intramolecular Hbond substituents is 1. The second-order valence-corrected chi connectivity index (χ2v) is 8.49. The zero-order chi connectivity index (χ0) is 21.2. The van der Waals surface area contributed by atoms with Crippen LogP contribution in [0, 0.1) is 0 Å². The van der Waals surface area contributed by atoms with Crippen LogP contribution < -0.4 is 23.7 Å². The molecule has 5 rings (SSSR count). The number of hydrogen-bond acceptors (Lipinski definition) is 7. The molecule has 0 bridgehead atoms. The smallest absolute Gasteiger partial charge is 0.181 e. The van der Waals surface area contributed by atoms with Crippen LogP contribution in [-0.4, -0.2) is 43.4 Å². The summed E-state index contributed by atoms with van der Waals surface area (Å²) in [6.45, 7) is 4.22. The van der Waals surface area contributed by atoms with Crippen LogP contribution in [0.25, 0.3) is 0 Å². The molecule has 0 saturated heterocycles.